The predicted octanol–water partition coefficient (Wildman–Crippen LogP) is 3.01. The van der Waals surface area contributed by atoms with Gasteiger partial charge in [0.1, 0.15) is 19.0 Å². The van der Waals surface area contributed by atoms with Crippen LogP contribution in [0.2, 0.25) is 0 Å². The molecule has 1 aliphatic heterocycles. The standard InChI is InChI=1S/C20H19N3O3/c1-23(13-19-21-15-4-2-3-5-16(15)22-19)20(24)9-7-14-6-8-17-18(12-14)26-11-10-25-17/h2-9,12H,10-11,13H2,1H3,(H,21,22)/b9-7+. The quantitative estimate of drug-likeness (QED) is 0.735. The van der Waals surface area contributed by atoms with E-state index in [0.717, 1.165) is 28.2 Å². The third-order valence-corrected chi connectivity index (χ3v) is 4.19. The zero-order chi connectivity index (χ0) is 17.9. The van der Waals surface area contributed by atoms with E-state index >= 15 is 0 Å². The minimum atomic E-state index is -0.0969. The lowest BCUT2D eigenvalue weighted by atomic mass is 10.2. The number of nitrogens with one attached hydrogen (secondary N) is 1. The number of carbonyl (C=O) groups is 1. The number of para-hydroxylation sites is 2. The Morgan fingerprint density at radius 3 is 2.85 bits per heavy atom. The highest BCUT2D eigenvalue weighted by molar-refractivity contribution is 5.91. The summed E-state index contributed by atoms with van der Waals surface area (Å²) in [5, 5.41) is 0. The summed E-state index contributed by atoms with van der Waals surface area (Å²) >= 11 is 0. The largest absolute Gasteiger partial charge is 0.486 e. The molecule has 0 spiro atoms. The highest BCUT2D eigenvalue weighted by Crippen LogP contribution is 2.31. The van der Waals surface area contributed by atoms with Crippen molar-refractivity contribution >= 4 is 23.0 Å². The summed E-state index contributed by atoms with van der Waals surface area (Å²) in [6, 6.07) is 13.4. The molecule has 6 nitrogen and oxygen atoms in total. The van der Waals surface area contributed by atoms with Crippen LogP contribution in [-0.4, -0.2) is 41.0 Å². The molecule has 0 unspecified atom stereocenters. The molecule has 1 N–H and O–H groups in total. The molecule has 0 saturated carbocycles. The van der Waals surface area contributed by atoms with E-state index in [1.165, 1.54) is 0 Å². The Bertz CT molecular complexity index is 944. The van der Waals surface area contributed by atoms with Crippen molar-refractivity contribution in [2.45, 2.75) is 6.54 Å². The van der Waals surface area contributed by atoms with Gasteiger partial charge in [0.2, 0.25) is 5.91 Å². The minimum absolute atomic E-state index is 0.0969. The topological polar surface area (TPSA) is 67.5 Å². The molecule has 0 aliphatic carbocycles. The van der Waals surface area contributed by atoms with Gasteiger partial charge >= 0.3 is 0 Å². The Kier molecular flexibility index (Phi) is 4.31. The Morgan fingerprint density at radius 1 is 1.19 bits per heavy atom. The van der Waals surface area contributed by atoms with Crippen molar-refractivity contribution in [3.8, 4) is 11.5 Å². The summed E-state index contributed by atoms with van der Waals surface area (Å²) in [4.78, 5) is 21.7. The van der Waals surface area contributed by atoms with Crippen molar-refractivity contribution in [3.63, 3.8) is 0 Å². The van der Waals surface area contributed by atoms with Crippen molar-refractivity contribution in [3.05, 3.63) is 59.9 Å². The number of aromatic amines is 1. The number of hydrogen-bond acceptors (Lipinski definition) is 4. The average molecular weight is 349 g/mol. The number of rotatable bonds is 4. The van der Waals surface area contributed by atoms with Gasteiger partial charge in [0.15, 0.2) is 11.5 Å². The van der Waals surface area contributed by atoms with Crippen LogP contribution in [0.1, 0.15) is 11.4 Å². The van der Waals surface area contributed by atoms with E-state index in [9.17, 15) is 4.79 Å². The first-order valence-electron chi connectivity index (χ1n) is 8.45. The van der Waals surface area contributed by atoms with Gasteiger partial charge in [-0.1, -0.05) is 18.2 Å². The van der Waals surface area contributed by atoms with Gasteiger partial charge in [-0.3, -0.25) is 4.79 Å². The van der Waals surface area contributed by atoms with Crippen molar-refractivity contribution in [1.82, 2.24) is 14.9 Å². The molecule has 0 bridgehead atoms. The van der Waals surface area contributed by atoms with Gasteiger partial charge in [-0.05, 0) is 35.9 Å². The van der Waals surface area contributed by atoms with E-state index in [1.807, 2.05) is 42.5 Å². The Morgan fingerprint density at radius 2 is 2.00 bits per heavy atom. The van der Waals surface area contributed by atoms with Crippen LogP contribution in [0.25, 0.3) is 17.1 Å². The molecule has 1 aromatic heterocycles. The third kappa shape index (κ3) is 3.39. The second-order valence-corrected chi connectivity index (χ2v) is 6.13. The molecular formula is C20H19N3O3. The number of ether oxygens (including phenoxy) is 2. The van der Waals surface area contributed by atoms with E-state index < -0.39 is 0 Å². The SMILES string of the molecule is CN(Cc1nc2ccccc2[nH]1)C(=O)/C=C/c1ccc2c(c1)OCCO2. The second kappa shape index (κ2) is 6.92. The fourth-order valence-electron chi connectivity index (χ4n) is 2.84. The van der Waals surface area contributed by atoms with Crippen molar-refractivity contribution in [1.29, 1.82) is 0 Å². The van der Waals surface area contributed by atoms with E-state index in [-0.39, 0.29) is 5.91 Å². The molecule has 0 saturated heterocycles. The monoisotopic (exact) mass is 349 g/mol. The van der Waals surface area contributed by atoms with Crippen LogP contribution in [0, 0.1) is 0 Å². The number of benzene rings is 2. The highest BCUT2D eigenvalue weighted by Gasteiger charge is 2.12. The van der Waals surface area contributed by atoms with Crippen LogP contribution in [-0.2, 0) is 11.3 Å². The third-order valence-electron chi connectivity index (χ3n) is 4.19. The Balaban J connectivity index is 1.42. The zero-order valence-electron chi connectivity index (χ0n) is 14.4. The van der Waals surface area contributed by atoms with Crippen molar-refractivity contribution in [2.75, 3.05) is 20.3 Å². The van der Waals surface area contributed by atoms with Gasteiger partial charge in [-0.25, -0.2) is 4.98 Å². The zero-order valence-corrected chi connectivity index (χ0v) is 14.4. The summed E-state index contributed by atoms with van der Waals surface area (Å²) in [5.41, 5.74) is 2.75. The van der Waals surface area contributed by atoms with Crippen LogP contribution < -0.4 is 9.47 Å². The van der Waals surface area contributed by atoms with Gasteiger partial charge < -0.3 is 19.4 Å². The normalized spacial score (nSPS) is 13.3. The smallest absolute Gasteiger partial charge is 0.246 e. The Labute approximate surface area is 151 Å². The predicted molar refractivity (Wildman–Crippen MR) is 99.0 cm³/mol. The summed E-state index contributed by atoms with van der Waals surface area (Å²) < 4.78 is 11.1. The van der Waals surface area contributed by atoms with Crippen LogP contribution in [0.3, 0.4) is 0 Å². The second-order valence-electron chi connectivity index (χ2n) is 6.13. The van der Waals surface area contributed by atoms with E-state index in [4.69, 9.17) is 9.47 Å². The number of nitrogens with zero attached hydrogens (tertiary/aromatic N) is 2. The molecule has 3 aromatic rings. The molecular weight excluding hydrogens is 330 g/mol. The molecule has 2 heterocycles. The van der Waals surface area contributed by atoms with E-state index in [0.29, 0.717) is 25.5 Å². The minimum Gasteiger partial charge on any atom is -0.486 e. The van der Waals surface area contributed by atoms with Gasteiger partial charge in [0.25, 0.3) is 0 Å². The maximum absolute atomic E-state index is 12.4. The summed E-state index contributed by atoms with van der Waals surface area (Å²) in [6.07, 6.45) is 3.32. The van der Waals surface area contributed by atoms with Crippen molar-refractivity contribution < 1.29 is 14.3 Å². The van der Waals surface area contributed by atoms with E-state index in [1.54, 1.807) is 24.1 Å². The summed E-state index contributed by atoms with van der Waals surface area (Å²) in [6.45, 7) is 1.52. The Hall–Kier alpha value is -3.28. The maximum atomic E-state index is 12.4. The molecule has 4 rings (SSSR count). The maximum Gasteiger partial charge on any atom is 0.246 e. The molecule has 1 amide bonds. The number of fused-ring (bicyclic) bond motifs is 2. The van der Waals surface area contributed by atoms with Crippen molar-refractivity contribution in [2.24, 2.45) is 0 Å². The number of hydrogen-bond donors (Lipinski definition) is 1. The fourth-order valence-corrected chi connectivity index (χ4v) is 2.84. The first kappa shape index (κ1) is 16.2. The molecule has 0 radical (unpaired) electrons. The van der Waals surface area contributed by atoms with Gasteiger partial charge in [0, 0.05) is 13.1 Å². The van der Waals surface area contributed by atoms with Gasteiger partial charge in [0.05, 0.1) is 17.6 Å². The molecule has 0 atom stereocenters. The lowest BCUT2D eigenvalue weighted by Crippen LogP contribution is -2.24. The van der Waals surface area contributed by atoms with Crippen LogP contribution in [0.5, 0.6) is 11.5 Å². The molecule has 0 fully saturated rings. The lowest BCUT2D eigenvalue weighted by Gasteiger charge is -2.18. The number of carbonyl (C=O) groups excluding carboxylic acids is 1. The van der Waals surface area contributed by atoms with Crippen LogP contribution in [0.15, 0.2) is 48.5 Å². The van der Waals surface area contributed by atoms with Crippen LogP contribution >= 0.6 is 0 Å². The van der Waals surface area contributed by atoms with E-state index in [2.05, 4.69) is 9.97 Å². The fraction of sp³-hybridized carbons (Fsp3) is 0.200. The highest BCUT2D eigenvalue weighted by atomic mass is 16.6. The lowest BCUT2D eigenvalue weighted by molar-refractivity contribution is -0.125. The van der Waals surface area contributed by atoms with Crippen LogP contribution in [0.4, 0.5) is 0 Å². The summed E-state index contributed by atoms with van der Waals surface area (Å²) in [7, 11) is 1.75. The number of imidazole rings is 1. The molecule has 2 aromatic carbocycles. The molecule has 26 heavy (non-hydrogen) atoms. The number of amides is 1. The molecule has 6 heteroatoms. The number of aromatic nitrogens is 2. The summed E-state index contributed by atoms with van der Waals surface area (Å²) in [5.74, 6) is 2.11. The number of H-pyrrole nitrogens is 1. The number of likely N-dealkylation sites (N-methyl/N-ethyl adjacent to an activating group) is 1. The first-order chi connectivity index (χ1) is 12.7. The molecule has 132 valence electrons. The van der Waals surface area contributed by atoms with Gasteiger partial charge in [-0.15, -0.1) is 0 Å². The average Bonchev–Trinajstić information content (AvgIpc) is 3.08. The van der Waals surface area contributed by atoms with Gasteiger partial charge in [-0.2, -0.15) is 0 Å². The first-order valence-corrected chi connectivity index (χ1v) is 8.45. The molecule has 1 aliphatic rings.